The lowest BCUT2D eigenvalue weighted by Gasteiger charge is -2.07. The Kier molecular flexibility index (Phi) is 3.55. The molecule has 8 heteroatoms. The van der Waals surface area contributed by atoms with E-state index in [0.29, 0.717) is 5.69 Å². The van der Waals surface area contributed by atoms with E-state index in [-0.39, 0.29) is 0 Å². The molecule has 0 fully saturated rings. The van der Waals surface area contributed by atoms with Gasteiger partial charge in [-0.3, -0.25) is 4.40 Å². The average molecular weight is 341 g/mol. The first-order valence-corrected chi connectivity index (χ1v) is 8.15. The Morgan fingerprint density at radius 2 is 2.04 bits per heavy atom. The van der Waals surface area contributed by atoms with Gasteiger partial charge in [-0.05, 0) is 31.2 Å². The first-order valence-electron chi connectivity index (χ1n) is 7.33. The molecule has 1 aromatic carbocycles. The number of thiazole rings is 1. The number of ether oxygens (including phenoxy) is 1. The van der Waals surface area contributed by atoms with Crippen LogP contribution in [-0.2, 0) is 0 Å². The van der Waals surface area contributed by atoms with Gasteiger partial charge in [-0.25, -0.2) is 9.67 Å². The fourth-order valence-electron chi connectivity index (χ4n) is 2.65. The van der Waals surface area contributed by atoms with Gasteiger partial charge < -0.3 is 9.84 Å². The minimum Gasteiger partial charge on any atom is -0.497 e. The molecule has 1 N–H and O–H groups in total. The van der Waals surface area contributed by atoms with Crippen LogP contribution in [0.25, 0.3) is 10.5 Å². The third-order valence-electron chi connectivity index (χ3n) is 3.87. The van der Waals surface area contributed by atoms with Crippen LogP contribution in [-0.4, -0.2) is 36.6 Å². The standard InChI is InChI=1S/C16H15N5O2S/c1-10-15(20-9-17-7-14(20)24-10)16(22)13-8-21(19-18-13)11-3-5-12(23-2)6-4-11/h3-9,16,22H,1-2H3. The minimum absolute atomic E-state index is 0.488. The minimum atomic E-state index is -0.861. The molecule has 0 spiro atoms. The highest BCUT2D eigenvalue weighted by molar-refractivity contribution is 7.17. The smallest absolute Gasteiger partial charge is 0.141 e. The molecule has 0 amide bonds. The quantitative estimate of drug-likeness (QED) is 0.617. The van der Waals surface area contributed by atoms with Crippen LogP contribution < -0.4 is 4.74 Å². The number of aliphatic hydroxyl groups is 1. The number of aromatic nitrogens is 5. The number of benzene rings is 1. The highest BCUT2D eigenvalue weighted by Gasteiger charge is 2.22. The molecule has 4 aromatic rings. The SMILES string of the molecule is COc1ccc(-n2cc(C(O)c3c(C)sc4cncn34)nn2)cc1. The zero-order chi connectivity index (χ0) is 16.7. The van der Waals surface area contributed by atoms with Gasteiger partial charge in [-0.2, -0.15) is 0 Å². The monoisotopic (exact) mass is 341 g/mol. The van der Waals surface area contributed by atoms with E-state index in [1.165, 1.54) is 0 Å². The molecule has 24 heavy (non-hydrogen) atoms. The predicted molar refractivity (Wildman–Crippen MR) is 89.8 cm³/mol. The Morgan fingerprint density at radius 1 is 1.25 bits per heavy atom. The van der Waals surface area contributed by atoms with Crippen LogP contribution in [0.5, 0.6) is 5.75 Å². The molecule has 122 valence electrons. The van der Waals surface area contributed by atoms with Gasteiger partial charge in [0.2, 0.25) is 0 Å². The van der Waals surface area contributed by atoms with E-state index < -0.39 is 6.10 Å². The number of fused-ring (bicyclic) bond motifs is 1. The number of aliphatic hydroxyl groups excluding tert-OH is 1. The highest BCUT2D eigenvalue weighted by Crippen LogP contribution is 2.30. The van der Waals surface area contributed by atoms with Crippen molar-refractivity contribution >= 4 is 16.2 Å². The van der Waals surface area contributed by atoms with E-state index >= 15 is 0 Å². The van der Waals surface area contributed by atoms with Crippen molar-refractivity contribution in [2.24, 2.45) is 0 Å². The second-order valence-corrected chi connectivity index (χ2v) is 6.57. The number of methoxy groups -OCH3 is 1. The summed E-state index contributed by atoms with van der Waals surface area (Å²) in [5, 5.41) is 19.0. The number of hydrogen-bond acceptors (Lipinski definition) is 6. The van der Waals surface area contributed by atoms with Crippen molar-refractivity contribution in [3.63, 3.8) is 0 Å². The highest BCUT2D eigenvalue weighted by atomic mass is 32.1. The Labute approximate surface area is 141 Å². The van der Waals surface area contributed by atoms with E-state index in [2.05, 4.69) is 15.3 Å². The van der Waals surface area contributed by atoms with Gasteiger partial charge in [0, 0.05) is 4.88 Å². The first kappa shape index (κ1) is 14.9. The maximum atomic E-state index is 10.7. The number of rotatable bonds is 4. The lowest BCUT2D eigenvalue weighted by Crippen LogP contribution is -2.05. The molecule has 4 rings (SSSR count). The second-order valence-electron chi connectivity index (χ2n) is 5.33. The van der Waals surface area contributed by atoms with E-state index in [4.69, 9.17) is 4.74 Å². The molecule has 1 unspecified atom stereocenters. The molecule has 0 aliphatic heterocycles. The number of imidazole rings is 1. The largest absolute Gasteiger partial charge is 0.497 e. The molecule has 0 radical (unpaired) electrons. The normalized spacial score (nSPS) is 12.6. The van der Waals surface area contributed by atoms with Crippen molar-refractivity contribution in [1.29, 1.82) is 0 Å². The van der Waals surface area contributed by atoms with Crippen molar-refractivity contribution in [3.05, 3.63) is 59.3 Å². The first-order chi connectivity index (χ1) is 11.7. The van der Waals surface area contributed by atoms with Crippen LogP contribution >= 0.6 is 11.3 Å². The summed E-state index contributed by atoms with van der Waals surface area (Å²) in [4.78, 5) is 6.13. The summed E-state index contributed by atoms with van der Waals surface area (Å²) in [5.74, 6) is 0.774. The number of hydrogen-bond donors (Lipinski definition) is 1. The van der Waals surface area contributed by atoms with Crippen molar-refractivity contribution < 1.29 is 9.84 Å². The molecule has 0 saturated heterocycles. The van der Waals surface area contributed by atoms with Crippen LogP contribution in [0.4, 0.5) is 0 Å². The third kappa shape index (κ3) is 2.36. The average Bonchev–Trinajstić information content (AvgIpc) is 3.30. The van der Waals surface area contributed by atoms with Crippen LogP contribution in [0.2, 0.25) is 0 Å². The third-order valence-corrected chi connectivity index (χ3v) is 4.90. The fraction of sp³-hybridized carbons (Fsp3) is 0.188. The van der Waals surface area contributed by atoms with Crippen molar-refractivity contribution in [1.82, 2.24) is 24.4 Å². The molecule has 0 saturated carbocycles. The zero-order valence-electron chi connectivity index (χ0n) is 13.1. The van der Waals surface area contributed by atoms with Gasteiger partial charge in [0.1, 0.15) is 28.7 Å². The second kappa shape index (κ2) is 5.73. The van der Waals surface area contributed by atoms with Gasteiger partial charge >= 0.3 is 0 Å². The Morgan fingerprint density at radius 3 is 2.79 bits per heavy atom. The van der Waals surface area contributed by atoms with Crippen LogP contribution in [0, 0.1) is 6.92 Å². The summed E-state index contributed by atoms with van der Waals surface area (Å²) < 4.78 is 8.67. The van der Waals surface area contributed by atoms with Crippen molar-refractivity contribution in [2.75, 3.05) is 7.11 Å². The molecular formula is C16H15N5O2S. The van der Waals surface area contributed by atoms with Crippen LogP contribution in [0.3, 0.4) is 0 Å². The summed E-state index contributed by atoms with van der Waals surface area (Å²) >= 11 is 1.59. The maximum Gasteiger partial charge on any atom is 0.141 e. The summed E-state index contributed by atoms with van der Waals surface area (Å²) in [6.07, 6.45) is 4.35. The molecule has 3 aromatic heterocycles. The number of aryl methyl sites for hydroxylation is 1. The van der Waals surface area contributed by atoms with E-state index in [0.717, 1.165) is 26.8 Å². The van der Waals surface area contributed by atoms with Crippen LogP contribution in [0.15, 0.2) is 43.0 Å². The summed E-state index contributed by atoms with van der Waals surface area (Å²) in [5.41, 5.74) is 2.10. The lowest BCUT2D eigenvalue weighted by atomic mass is 10.2. The van der Waals surface area contributed by atoms with Gasteiger partial charge in [0.05, 0.1) is 30.9 Å². The van der Waals surface area contributed by atoms with E-state index in [1.54, 1.807) is 41.8 Å². The van der Waals surface area contributed by atoms with Gasteiger partial charge in [0.15, 0.2) is 0 Å². The van der Waals surface area contributed by atoms with Gasteiger partial charge in [-0.1, -0.05) is 5.21 Å². The molecule has 7 nitrogen and oxygen atoms in total. The van der Waals surface area contributed by atoms with Crippen LogP contribution in [0.1, 0.15) is 22.4 Å². The molecule has 1 atom stereocenters. The molecule has 0 bridgehead atoms. The Balaban J connectivity index is 1.68. The van der Waals surface area contributed by atoms with E-state index in [9.17, 15) is 5.11 Å². The predicted octanol–water partition coefficient (Wildman–Crippen LogP) is 2.38. The Bertz CT molecular complexity index is 986. The lowest BCUT2D eigenvalue weighted by molar-refractivity contribution is 0.208. The summed E-state index contributed by atoms with van der Waals surface area (Å²) in [6, 6.07) is 7.47. The van der Waals surface area contributed by atoms with Gasteiger partial charge in [0.25, 0.3) is 0 Å². The molecule has 0 aliphatic carbocycles. The Hall–Kier alpha value is -2.71. The summed E-state index contributed by atoms with van der Waals surface area (Å²) in [6.45, 7) is 1.98. The molecular weight excluding hydrogens is 326 g/mol. The molecule has 3 heterocycles. The zero-order valence-corrected chi connectivity index (χ0v) is 13.9. The number of nitrogens with zero attached hydrogens (tertiary/aromatic N) is 5. The maximum absolute atomic E-state index is 10.7. The van der Waals surface area contributed by atoms with Gasteiger partial charge in [-0.15, -0.1) is 16.4 Å². The van der Waals surface area contributed by atoms with Crippen molar-refractivity contribution in [3.8, 4) is 11.4 Å². The summed E-state index contributed by atoms with van der Waals surface area (Å²) in [7, 11) is 1.62. The topological polar surface area (TPSA) is 77.5 Å². The fourth-order valence-corrected chi connectivity index (χ4v) is 3.63. The van der Waals surface area contributed by atoms with Crippen molar-refractivity contribution in [2.45, 2.75) is 13.0 Å². The van der Waals surface area contributed by atoms with E-state index in [1.807, 2.05) is 35.6 Å². The molecule has 0 aliphatic rings.